The van der Waals surface area contributed by atoms with Gasteiger partial charge in [0.25, 0.3) is 0 Å². The molecule has 2 heteroatoms. The van der Waals surface area contributed by atoms with Gasteiger partial charge in [-0.25, -0.2) is 0 Å². The smallest absolute Gasteiger partial charge is 0.126 e. The molecule has 0 saturated carbocycles. The van der Waals surface area contributed by atoms with Gasteiger partial charge < -0.3 is 9.84 Å². The molecule has 0 spiro atoms. The van der Waals surface area contributed by atoms with Gasteiger partial charge in [-0.15, -0.1) is 0 Å². The Bertz CT molecular complexity index is 346. The van der Waals surface area contributed by atoms with Gasteiger partial charge in [0, 0.05) is 11.6 Å². The maximum atomic E-state index is 9.74. The molecule has 2 nitrogen and oxygen atoms in total. The van der Waals surface area contributed by atoms with E-state index in [0.29, 0.717) is 5.57 Å². The Kier molecular flexibility index (Phi) is 3.78. The topological polar surface area (TPSA) is 29.5 Å². The molecule has 1 rings (SSSR count). The van der Waals surface area contributed by atoms with E-state index in [0.717, 1.165) is 30.8 Å². The van der Waals surface area contributed by atoms with Crippen molar-refractivity contribution in [3.05, 3.63) is 47.5 Å². The largest absolute Gasteiger partial charge is 0.507 e. The highest BCUT2D eigenvalue weighted by atomic mass is 16.5. The molecule has 0 aromatic heterocycles. The fourth-order valence-corrected chi connectivity index (χ4v) is 1.36. The molecular formula is C13H18O2. The summed E-state index contributed by atoms with van der Waals surface area (Å²) in [6.45, 7) is 12.0. The number of aliphatic hydroxyl groups excluding tert-OH is 1. The Morgan fingerprint density at radius 1 is 1.47 bits per heavy atom. The van der Waals surface area contributed by atoms with Crippen molar-refractivity contribution in [1.82, 2.24) is 0 Å². The zero-order valence-electron chi connectivity index (χ0n) is 9.47. The lowest BCUT2D eigenvalue weighted by Crippen LogP contribution is -2.04. The number of hydrogen-bond donors (Lipinski definition) is 1. The summed E-state index contributed by atoms with van der Waals surface area (Å²) in [6.07, 6.45) is 3.70. The van der Waals surface area contributed by atoms with E-state index < -0.39 is 0 Å². The number of hydrogen-bond acceptors (Lipinski definition) is 2. The first-order valence-corrected chi connectivity index (χ1v) is 5.10. The van der Waals surface area contributed by atoms with Crippen molar-refractivity contribution in [3.63, 3.8) is 0 Å². The van der Waals surface area contributed by atoms with Crippen LogP contribution in [0, 0.1) is 0 Å². The van der Waals surface area contributed by atoms with E-state index in [-0.39, 0.29) is 5.76 Å². The summed E-state index contributed by atoms with van der Waals surface area (Å²) in [5.74, 6) is 0.903. The average molecular weight is 206 g/mol. The first-order chi connectivity index (χ1) is 7.02. The third-order valence-corrected chi connectivity index (χ3v) is 2.47. The summed E-state index contributed by atoms with van der Waals surface area (Å²) >= 11 is 0. The molecule has 1 aliphatic heterocycles. The van der Waals surface area contributed by atoms with Crippen LogP contribution < -0.4 is 0 Å². The second-order valence-electron chi connectivity index (χ2n) is 3.89. The molecule has 1 aliphatic rings. The van der Waals surface area contributed by atoms with Gasteiger partial charge in [0.15, 0.2) is 0 Å². The van der Waals surface area contributed by atoms with Crippen molar-refractivity contribution in [2.45, 2.75) is 26.7 Å². The third-order valence-electron chi connectivity index (χ3n) is 2.47. The van der Waals surface area contributed by atoms with Gasteiger partial charge in [-0.1, -0.05) is 13.2 Å². The van der Waals surface area contributed by atoms with E-state index in [2.05, 4.69) is 13.2 Å². The maximum absolute atomic E-state index is 9.74. The lowest BCUT2D eigenvalue weighted by molar-refractivity contribution is 0.198. The highest BCUT2D eigenvalue weighted by Crippen LogP contribution is 2.22. The average Bonchev–Trinajstić information content (AvgIpc) is 2.20. The zero-order valence-corrected chi connectivity index (χ0v) is 9.47. The summed E-state index contributed by atoms with van der Waals surface area (Å²) < 4.78 is 5.46. The monoisotopic (exact) mass is 206 g/mol. The van der Waals surface area contributed by atoms with Crippen molar-refractivity contribution in [2.75, 3.05) is 6.61 Å². The van der Waals surface area contributed by atoms with Gasteiger partial charge in [0.1, 0.15) is 11.5 Å². The molecule has 0 radical (unpaired) electrons. The Morgan fingerprint density at radius 2 is 2.13 bits per heavy atom. The first-order valence-electron chi connectivity index (χ1n) is 5.10. The van der Waals surface area contributed by atoms with Crippen LogP contribution in [0.15, 0.2) is 47.5 Å². The summed E-state index contributed by atoms with van der Waals surface area (Å²) in [7, 11) is 0. The Balaban J connectivity index is 2.86. The predicted octanol–water partition coefficient (Wildman–Crippen LogP) is 3.65. The van der Waals surface area contributed by atoms with Gasteiger partial charge in [0.2, 0.25) is 0 Å². The van der Waals surface area contributed by atoms with Gasteiger partial charge >= 0.3 is 0 Å². The lowest BCUT2D eigenvalue weighted by Gasteiger charge is -2.17. The van der Waals surface area contributed by atoms with Crippen molar-refractivity contribution in [2.24, 2.45) is 0 Å². The second-order valence-corrected chi connectivity index (χ2v) is 3.89. The van der Waals surface area contributed by atoms with Crippen molar-refractivity contribution in [3.8, 4) is 0 Å². The molecule has 0 atom stereocenters. The molecule has 0 bridgehead atoms. The van der Waals surface area contributed by atoms with Gasteiger partial charge in [-0.05, 0) is 37.8 Å². The van der Waals surface area contributed by atoms with E-state index in [1.54, 1.807) is 6.08 Å². The van der Waals surface area contributed by atoms with Crippen LogP contribution in [0.1, 0.15) is 26.7 Å². The van der Waals surface area contributed by atoms with E-state index in [1.165, 1.54) is 5.57 Å². The molecular weight excluding hydrogens is 188 g/mol. The standard InChI is InChI=1S/C13H18O2/c1-9(2)11(4)12(14)8-13-10(3)6-5-7-15-13/h8,14H,1,4-7H2,2-3H3/b12-8+. The fraction of sp³-hybridized carbons (Fsp3) is 0.385. The first kappa shape index (κ1) is 11.6. The van der Waals surface area contributed by atoms with Gasteiger partial charge in [-0.3, -0.25) is 0 Å². The van der Waals surface area contributed by atoms with Crippen LogP contribution in [-0.2, 0) is 4.74 Å². The summed E-state index contributed by atoms with van der Waals surface area (Å²) in [5, 5.41) is 9.74. The quantitative estimate of drug-likeness (QED) is 0.564. The van der Waals surface area contributed by atoms with Crippen LogP contribution in [0.4, 0.5) is 0 Å². The van der Waals surface area contributed by atoms with E-state index >= 15 is 0 Å². The van der Waals surface area contributed by atoms with Crippen LogP contribution in [0.5, 0.6) is 0 Å². The maximum Gasteiger partial charge on any atom is 0.126 e. The van der Waals surface area contributed by atoms with Crippen LogP contribution >= 0.6 is 0 Å². The zero-order chi connectivity index (χ0) is 11.4. The van der Waals surface area contributed by atoms with Crippen LogP contribution in [0.3, 0.4) is 0 Å². The minimum atomic E-state index is 0.138. The lowest BCUT2D eigenvalue weighted by atomic mass is 10.1. The molecule has 1 heterocycles. The molecule has 15 heavy (non-hydrogen) atoms. The van der Waals surface area contributed by atoms with Crippen LogP contribution in [0.2, 0.25) is 0 Å². The molecule has 82 valence electrons. The Hall–Kier alpha value is -1.44. The molecule has 0 unspecified atom stereocenters. The van der Waals surface area contributed by atoms with Crippen LogP contribution in [0.25, 0.3) is 0 Å². The molecule has 0 fully saturated rings. The second kappa shape index (κ2) is 4.87. The normalized spacial score (nSPS) is 17.3. The number of allylic oxidation sites excluding steroid dienone is 3. The van der Waals surface area contributed by atoms with Crippen molar-refractivity contribution < 1.29 is 9.84 Å². The third kappa shape index (κ3) is 3.01. The highest BCUT2D eigenvalue weighted by molar-refractivity contribution is 5.41. The molecule has 1 N–H and O–H groups in total. The summed E-state index contributed by atoms with van der Waals surface area (Å²) in [5.41, 5.74) is 2.49. The molecule has 0 aliphatic carbocycles. The molecule has 0 saturated heterocycles. The van der Waals surface area contributed by atoms with Gasteiger partial charge in [-0.2, -0.15) is 0 Å². The van der Waals surface area contributed by atoms with E-state index in [4.69, 9.17) is 4.74 Å². The summed E-state index contributed by atoms with van der Waals surface area (Å²) in [4.78, 5) is 0. The predicted molar refractivity (Wildman–Crippen MR) is 62.6 cm³/mol. The van der Waals surface area contributed by atoms with E-state index in [9.17, 15) is 5.11 Å². The SMILES string of the molecule is C=C(C)C(=C)/C(O)=C\C1=C(C)CCCO1. The molecule has 0 aromatic carbocycles. The van der Waals surface area contributed by atoms with Crippen molar-refractivity contribution in [1.29, 1.82) is 0 Å². The number of aliphatic hydroxyl groups is 1. The van der Waals surface area contributed by atoms with Crippen molar-refractivity contribution >= 4 is 0 Å². The minimum absolute atomic E-state index is 0.138. The Labute approximate surface area is 91.3 Å². The fourth-order valence-electron chi connectivity index (χ4n) is 1.36. The Morgan fingerprint density at radius 3 is 2.67 bits per heavy atom. The highest BCUT2D eigenvalue weighted by Gasteiger charge is 2.10. The molecule has 0 aromatic rings. The minimum Gasteiger partial charge on any atom is -0.507 e. The molecule has 0 amide bonds. The summed E-state index contributed by atoms with van der Waals surface area (Å²) in [6, 6.07) is 0. The number of rotatable bonds is 3. The number of ether oxygens (including phenoxy) is 1. The van der Waals surface area contributed by atoms with E-state index in [1.807, 2.05) is 13.8 Å². The van der Waals surface area contributed by atoms with Gasteiger partial charge in [0.05, 0.1) is 6.61 Å². The van der Waals surface area contributed by atoms with Crippen LogP contribution in [-0.4, -0.2) is 11.7 Å².